The third kappa shape index (κ3) is 5.96. The molecule has 0 heterocycles. The predicted octanol–water partition coefficient (Wildman–Crippen LogP) is 7.12. The summed E-state index contributed by atoms with van der Waals surface area (Å²) in [7, 11) is 0. The summed E-state index contributed by atoms with van der Waals surface area (Å²) in [5, 5.41) is 3.07. The van der Waals surface area contributed by atoms with Gasteiger partial charge in [0.1, 0.15) is 5.04 Å². The van der Waals surface area contributed by atoms with Crippen molar-refractivity contribution in [2.75, 3.05) is 0 Å². The Morgan fingerprint density at radius 1 is 0.800 bits per heavy atom. The monoisotopic (exact) mass is 361 g/mol. The Morgan fingerprint density at radius 3 is 2.16 bits per heavy atom. The van der Waals surface area contributed by atoms with Crippen molar-refractivity contribution in [2.24, 2.45) is 4.99 Å². The Kier molecular flexibility index (Phi) is 6.55. The van der Waals surface area contributed by atoms with Crippen LogP contribution in [0.4, 0.5) is 5.69 Å². The number of aliphatic imine (C=N–C) groups is 1. The molecule has 0 aromatic heterocycles. The lowest BCUT2D eigenvalue weighted by Crippen LogP contribution is -1.86. The minimum Gasteiger partial charge on any atom is -0.242 e. The molecular formula is C22H19NS2. The molecule has 0 N–H and O–H groups in total. The lowest BCUT2D eigenvalue weighted by Gasteiger charge is -2.03. The first-order valence-corrected chi connectivity index (χ1v) is 9.76. The summed E-state index contributed by atoms with van der Waals surface area (Å²) in [5.41, 5.74) is 2.20. The summed E-state index contributed by atoms with van der Waals surface area (Å²) in [6, 6.07) is 29.0. The van der Waals surface area contributed by atoms with Gasteiger partial charge >= 0.3 is 0 Å². The molecule has 1 nitrogen and oxygen atoms in total. The Balaban J connectivity index is 1.81. The van der Waals surface area contributed by atoms with Gasteiger partial charge in [-0.15, -0.1) is 0 Å². The number of nitrogens with zero attached hydrogens (tertiary/aromatic N) is 1. The smallest absolute Gasteiger partial charge is 0.102 e. The molecule has 0 spiro atoms. The summed E-state index contributed by atoms with van der Waals surface area (Å²) in [4.78, 5) is 7.23. The van der Waals surface area contributed by atoms with E-state index in [1.54, 1.807) is 23.5 Å². The third-order valence-electron chi connectivity index (χ3n) is 3.36. The quantitative estimate of drug-likeness (QED) is 0.272. The molecular weight excluding hydrogens is 342 g/mol. The van der Waals surface area contributed by atoms with Crippen LogP contribution < -0.4 is 0 Å². The van der Waals surface area contributed by atoms with Crippen LogP contribution in [0.5, 0.6) is 0 Å². The highest BCUT2D eigenvalue weighted by atomic mass is 32.2. The van der Waals surface area contributed by atoms with Crippen molar-refractivity contribution in [3.8, 4) is 0 Å². The van der Waals surface area contributed by atoms with Crippen molar-refractivity contribution < 1.29 is 0 Å². The van der Waals surface area contributed by atoms with Crippen LogP contribution in [-0.4, -0.2) is 5.04 Å². The molecule has 0 aliphatic rings. The van der Waals surface area contributed by atoms with E-state index in [1.165, 1.54) is 15.4 Å². The van der Waals surface area contributed by atoms with Gasteiger partial charge in [0.25, 0.3) is 0 Å². The first kappa shape index (κ1) is 17.6. The molecule has 0 bridgehead atoms. The fraction of sp³-hybridized carbons (Fsp3) is 0.0455. The van der Waals surface area contributed by atoms with E-state index in [1.807, 2.05) is 24.3 Å². The van der Waals surface area contributed by atoms with Crippen molar-refractivity contribution in [3.05, 3.63) is 102 Å². The van der Waals surface area contributed by atoms with Gasteiger partial charge in [-0.2, -0.15) is 0 Å². The highest BCUT2D eigenvalue weighted by Gasteiger charge is 2.01. The standard InChI is InChI=1S/C22H19NS2/c1-18-9-8-10-19(17-18)23-22(25-21-13-6-3-7-14-21)15-16-24-20-11-4-2-5-12-20/h2-17H,1H3. The van der Waals surface area contributed by atoms with Gasteiger partial charge in [-0.25, -0.2) is 4.99 Å². The fourth-order valence-electron chi connectivity index (χ4n) is 2.20. The Hall–Kier alpha value is -2.23. The molecule has 124 valence electrons. The van der Waals surface area contributed by atoms with E-state index in [4.69, 9.17) is 4.99 Å². The number of thioether (sulfide) groups is 2. The molecule has 0 atom stereocenters. The number of aryl methyl sites for hydroxylation is 1. The highest BCUT2D eigenvalue weighted by Crippen LogP contribution is 2.25. The molecule has 3 aromatic carbocycles. The van der Waals surface area contributed by atoms with Gasteiger partial charge < -0.3 is 0 Å². The van der Waals surface area contributed by atoms with Crippen LogP contribution in [0, 0.1) is 6.92 Å². The van der Waals surface area contributed by atoms with E-state index < -0.39 is 0 Å². The van der Waals surface area contributed by atoms with Gasteiger partial charge in [0, 0.05) is 9.79 Å². The van der Waals surface area contributed by atoms with Crippen molar-refractivity contribution in [3.63, 3.8) is 0 Å². The minimum absolute atomic E-state index is 0.972. The highest BCUT2D eigenvalue weighted by molar-refractivity contribution is 8.14. The zero-order chi connectivity index (χ0) is 17.3. The predicted molar refractivity (Wildman–Crippen MR) is 112 cm³/mol. The fourth-order valence-corrected chi connectivity index (χ4v) is 3.77. The maximum absolute atomic E-state index is 4.83. The Bertz CT molecular complexity index is 855. The summed E-state index contributed by atoms with van der Waals surface area (Å²) < 4.78 is 0. The average molecular weight is 362 g/mol. The zero-order valence-electron chi connectivity index (χ0n) is 14.0. The summed E-state index contributed by atoms with van der Waals surface area (Å²) >= 11 is 3.37. The van der Waals surface area contributed by atoms with Crippen molar-refractivity contribution in [2.45, 2.75) is 16.7 Å². The largest absolute Gasteiger partial charge is 0.242 e. The van der Waals surface area contributed by atoms with Gasteiger partial charge in [0.2, 0.25) is 0 Å². The summed E-state index contributed by atoms with van der Waals surface area (Å²) in [6.45, 7) is 2.09. The van der Waals surface area contributed by atoms with E-state index in [9.17, 15) is 0 Å². The molecule has 0 unspecified atom stereocenters. The topological polar surface area (TPSA) is 12.4 Å². The minimum atomic E-state index is 0.972. The lowest BCUT2D eigenvalue weighted by atomic mass is 10.2. The number of rotatable bonds is 5. The maximum Gasteiger partial charge on any atom is 0.102 e. The molecule has 3 heteroatoms. The van der Waals surface area contributed by atoms with Gasteiger partial charge in [-0.3, -0.25) is 0 Å². The summed E-state index contributed by atoms with van der Waals surface area (Å²) in [6.07, 6.45) is 2.08. The molecule has 25 heavy (non-hydrogen) atoms. The first-order valence-electron chi connectivity index (χ1n) is 8.06. The second-order valence-corrected chi connectivity index (χ2v) is 7.51. The number of hydrogen-bond acceptors (Lipinski definition) is 3. The molecule has 0 saturated carbocycles. The van der Waals surface area contributed by atoms with Crippen LogP contribution >= 0.6 is 23.5 Å². The normalized spacial score (nSPS) is 11.8. The second kappa shape index (κ2) is 9.30. The van der Waals surface area contributed by atoms with Crippen LogP contribution in [0.2, 0.25) is 0 Å². The van der Waals surface area contributed by atoms with Crippen LogP contribution in [0.3, 0.4) is 0 Å². The molecule has 0 fully saturated rings. The zero-order valence-corrected chi connectivity index (χ0v) is 15.6. The van der Waals surface area contributed by atoms with Crippen LogP contribution in [-0.2, 0) is 0 Å². The second-order valence-electron chi connectivity index (χ2n) is 5.44. The lowest BCUT2D eigenvalue weighted by molar-refractivity contribution is 1.43. The Labute approximate surface area is 157 Å². The van der Waals surface area contributed by atoms with Crippen molar-refractivity contribution in [1.29, 1.82) is 0 Å². The third-order valence-corrected chi connectivity index (χ3v) is 5.13. The molecule has 0 aliphatic heterocycles. The molecule has 0 radical (unpaired) electrons. The van der Waals surface area contributed by atoms with Crippen LogP contribution in [0.15, 0.2) is 111 Å². The van der Waals surface area contributed by atoms with Crippen LogP contribution in [0.25, 0.3) is 0 Å². The van der Waals surface area contributed by atoms with E-state index in [0.717, 1.165) is 10.7 Å². The average Bonchev–Trinajstić information content (AvgIpc) is 2.63. The molecule has 0 amide bonds. The van der Waals surface area contributed by atoms with E-state index in [-0.39, 0.29) is 0 Å². The Morgan fingerprint density at radius 2 is 1.48 bits per heavy atom. The first-order chi connectivity index (χ1) is 12.3. The van der Waals surface area contributed by atoms with Gasteiger partial charge in [0.05, 0.1) is 5.69 Å². The van der Waals surface area contributed by atoms with Gasteiger partial charge in [-0.05, 0) is 60.4 Å². The number of benzene rings is 3. The van der Waals surface area contributed by atoms with Gasteiger partial charge in [-0.1, -0.05) is 72.1 Å². The van der Waals surface area contributed by atoms with Gasteiger partial charge in [0.15, 0.2) is 0 Å². The molecule has 3 rings (SSSR count). The van der Waals surface area contributed by atoms with E-state index in [0.29, 0.717) is 0 Å². The van der Waals surface area contributed by atoms with Crippen molar-refractivity contribution >= 4 is 34.3 Å². The van der Waals surface area contributed by atoms with E-state index in [2.05, 4.69) is 79.1 Å². The molecule has 3 aromatic rings. The summed E-state index contributed by atoms with van der Waals surface area (Å²) in [5.74, 6) is 0. The number of hydrogen-bond donors (Lipinski definition) is 0. The molecule has 0 saturated heterocycles. The SMILES string of the molecule is Cc1cccc(N=C(C=CSc2ccccc2)Sc2ccccc2)c1. The van der Waals surface area contributed by atoms with E-state index >= 15 is 0 Å². The maximum atomic E-state index is 4.83. The van der Waals surface area contributed by atoms with Crippen molar-refractivity contribution in [1.82, 2.24) is 0 Å². The van der Waals surface area contributed by atoms with Crippen LogP contribution in [0.1, 0.15) is 5.56 Å². The molecule has 0 aliphatic carbocycles.